The largest absolute Gasteiger partial charge is 0.253 e. The van der Waals surface area contributed by atoms with Crippen LogP contribution in [0.4, 0.5) is 0 Å². The minimum Gasteiger partial charge on any atom is -0.253 e. The molecular formula is C10H12N2S. The van der Waals surface area contributed by atoms with Crippen molar-refractivity contribution in [3.63, 3.8) is 0 Å². The Balaban J connectivity index is 2.62. The number of fused-ring (bicyclic) bond motifs is 1. The highest BCUT2D eigenvalue weighted by Gasteiger charge is 1.98. The maximum Gasteiger partial charge on any atom is 0.0897 e. The van der Waals surface area contributed by atoms with E-state index in [0.717, 1.165) is 11.0 Å². The van der Waals surface area contributed by atoms with E-state index in [1.807, 2.05) is 6.07 Å². The molecule has 2 rings (SSSR count). The molecule has 1 aromatic carbocycles. The second kappa shape index (κ2) is 3.34. The molecule has 0 spiro atoms. The molecule has 68 valence electrons. The maximum absolute atomic E-state index is 4.27. The lowest BCUT2D eigenvalue weighted by Crippen LogP contribution is -1.84. The molecule has 0 saturated heterocycles. The van der Waals surface area contributed by atoms with E-state index < -0.39 is 0 Å². The van der Waals surface area contributed by atoms with Crippen LogP contribution in [0.5, 0.6) is 0 Å². The monoisotopic (exact) mass is 192 g/mol. The predicted octanol–water partition coefficient (Wildman–Crippen LogP) is 2.25. The molecule has 0 amide bonds. The van der Waals surface area contributed by atoms with Crippen LogP contribution in [0.25, 0.3) is 11.0 Å². The summed E-state index contributed by atoms with van der Waals surface area (Å²) in [5.41, 5.74) is 1.97. The number of aromatic nitrogens is 2. The minimum absolute atomic E-state index is 0.0366. The van der Waals surface area contributed by atoms with Gasteiger partial charge in [0, 0.05) is 12.4 Å². The predicted molar refractivity (Wildman–Crippen MR) is 58.6 cm³/mol. The molecule has 0 N–H and O–H groups in total. The van der Waals surface area contributed by atoms with Gasteiger partial charge in [-0.3, -0.25) is 9.97 Å². The third-order valence-electron chi connectivity index (χ3n) is 1.97. The summed E-state index contributed by atoms with van der Waals surface area (Å²) in [5, 5.41) is 0. The first-order chi connectivity index (χ1) is 6.27. The first-order valence-corrected chi connectivity index (χ1v) is 6.39. The van der Waals surface area contributed by atoms with Gasteiger partial charge in [-0.1, -0.05) is 0 Å². The fraction of sp³-hybridized carbons (Fsp3) is 0.200. The average molecular weight is 192 g/mol. The molecule has 2 nitrogen and oxygen atoms in total. The third kappa shape index (κ3) is 1.65. The molecule has 1 aromatic heterocycles. The summed E-state index contributed by atoms with van der Waals surface area (Å²) in [7, 11) is -0.0366. The highest BCUT2D eigenvalue weighted by Crippen LogP contribution is 2.29. The van der Waals surface area contributed by atoms with Crippen LogP contribution in [0.15, 0.2) is 35.5 Å². The number of hydrogen-bond acceptors (Lipinski definition) is 2. The van der Waals surface area contributed by atoms with Crippen LogP contribution in [0, 0.1) is 0 Å². The van der Waals surface area contributed by atoms with Crippen molar-refractivity contribution in [2.24, 2.45) is 0 Å². The van der Waals surface area contributed by atoms with Crippen LogP contribution in [-0.2, 0) is 0 Å². The molecule has 0 aliphatic rings. The molecule has 3 heteroatoms. The molecule has 0 atom stereocenters. The van der Waals surface area contributed by atoms with E-state index in [9.17, 15) is 0 Å². The van der Waals surface area contributed by atoms with Gasteiger partial charge in [-0.25, -0.2) is 10.9 Å². The topological polar surface area (TPSA) is 25.8 Å². The molecule has 13 heavy (non-hydrogen) atoms. The van der Waals surface area contributed by atoms with E-state index in [4.69, 9.17) is 0 Å². The summed E-state index contributed by atoms with van der Waals surface area (Å²) in [5.74, 6) is 0. The van der Waals surface area contributed by atoms with Crippen LogP contribution < -0.4 is 0 Å². The number of benzene rings is 1. The van der Waals surface area contributed by atoms with E-state index in [2.05, 4.69) is 34.6 Å². The Hall–Kier alpha value is -1.09. The number of thiol groups is 1. The Morgan fingerprint density at radius 3 is 2.38 bits per heavy atom. The Morgan fingerprint density at radius 1 is 1.00 bits per heavy atom. The van der Waals surface area contributed by atoms with E-state index in [-0.39, 0.29) is 10.9 Å². The zero-order valence-electron chi connectivity index (χ0n) is 7.73. The quantitative estimate of drug-likeness (QED) is 0.701. The van der Waals surface area contributed by atoms with Gasteiger partial charge in [-0.05, 0) is 35.6 Å². The standard InChI is InChI=1S/C10H12N2S/c1-13(2)8-3-4-9-10(7-8)12-6-5-11-9/h3-7,13H,1-2H3. The number of nitrogens with zero attached hydrogens (tertiary/aromatic N) is 2. The van der Waals surface area contributed by atoms with Crippen molar-refractivity contribution < 1.29 is 0 Å². The van der Waals surface area contributed by atoms with Crippen molar-refractivity contribution >= 4 is 21.9 Å². The number of rotatable bonds is 1. The average Bonchev–Trinajstić information content (AvgIpc) is 2.17. The highest BCUT2D eigenvalue weighted by molar-refractivity contribution is 8.15. The fourth-order valence-electron chi connectivity index (χ4n) is 1.23. The second-order valence-corrected chi connectivity index (χ2v) is 5.43. The van der Waals surface area contributed by atoms with Crippen molar-refractivity contribution in [1.82, 2.24) is 9.97 Å². The summed E-state index contributed by atoms with van der Waals surface area (Å²) >= 11 is 0. The summed E-state index contributed by atoms with van der Waals surface area (Å²) < 4.78 is 0. The minimum atomic E-state index is -0.0366. The van der Waals surface area contributed by atoms with Crippen LogP contribution >= 0.6 is 10.9 Å². The fourth-order valence-corrected chi connectivity index (χ4v) is 1.98. The molecule has 0 radical (unpaired) electrons. The molecule has 0 aliphatic carbocycles. The van der Waals surface area contributed by atoms with Crippen molar-refractivity contribution in [2.45, 2.75) is 4.90 Å². The van der Waals surface area contributed by atoms with Gasteiger partial charge >= 0.3 is 0 Å². The SMILES string of the molecule is C[SH](C)c1ccc2nccnc2c1. The maximum atomic E-state index is 4.27. The normalized spacial score (nSPS) is 11.7. The van der Waals surface area contributed by atoms with Crippen LogP contribution in [0.3, 0.4) is 0 Å². The molecule has 1 heterocycles. The van der Waals surface area contributed by atoms with Gasteiger partial charge in [0.05, 0.1) is 11.0 Å². The Bertz CT molecular complexity index is 426. The van der Waals surface area contributed by atoms with Crippen LogP contribution in [0.2, 0.25) is 0 Å². The molecule has 0 bridgehead atoms. The van der Waals surface area contributed by atoms with E-state index in [0.29, 0.717) is 0 Å². The Labute approximate surface area is 80.4 Å². The smallest absolute Gasteiger partial charge is 0.0897 e. The van der Waals surface area contributed by atoms with Crippen molar-refractivity contribution in [2.75, 3.05) is 12.5 Å². The Kier molecular flexibility index (Phi) is 2.19. The third-order valence-corrected chi connectivity index (χ3v) is 3.28. The molecule has 0 unspecified atom stereocenters. The van der Waals surface area contributed by atoms with Gasteiger partial charge in [-0.2, -0.15) is 0 Å². The van der Waals surface area contributed by atoms with Crippen molar-refractivity contribution in [1.29, 1.82) is 0 Å². The highest BCUT2D eigenvalue weighted by atomic mass is 32.2. The summed E-state index contributed by atoms with van der Waals surface area (Å²) in [6.45, 7) is 0. The summed E-state index contributed by atoms with van der Waals surface area (Å²) in [6.07, 6.45) is 7.95. The Morgan fingerprint density at radius 2 is 1.69 bits per heavy atom. The van der Waals surface area contributed by atoms with Gasteiger partial charge in [0.15, 0.2) is 0 Å². The van der Waals surface area contributed by atoms with Gasteiger partial charge < -0.3 is 0 Å². The van der Waals surface area contributed by atoms with E-state index in [1.54, 1.807) is 12.4 Å². The van der Waals surface area contributed by atoms with E-state index in [1.165, 1.54) is 4.90 Å². The zero-order chi connectivity index (χ0) is 9.26. The van der Waals surface area contributed by atoms with Crippen LogP contribution in [0.1, 0.15) is 0 Å². The lowest BCUT2D eigenvalue weighted by atomic mass is 10.3. The van der Waals surface area contributed by atoms with Gasteiger partial charge in [0.2, 0.25) is 0 Å². The number of hydrogen-bond donors (Lipinski definition) is 1. The summed E-state index contributed by atoms with van der Waals surface area (Å²) in [4.78, 5) is 9.88. The van der Waals surface area contributed by atoms with E-state index >= 15 is 0 Å². The molecule has 0 saturated carbocycles. The first kappa shape index (κ1) is 8.51. The second-order valence-electron chi connectivity index (χ2n) is 3.12. The van der Waals surface area contributed by atoms with Crippen molar-refractivity contribution in [3.8, 4) is 0 Å². The summed E-state index contributed by atoms with van der Waals surface area (Å²) in [6, 6.07) is 6.32. The van der Waals surface area contributed by atoms with Gasteiger partial charge in [-0.15, -0.1) is 0 Å². The van der Waals surface area contributed by atoms with Crippen LogP contribution in [-0.4, -0.2) is 22.5 Å². The first-order valence-electron chi connectivity index (χ1n) is 4.15. The molecular weight excluding hydrogens is 180 g/mol. The lowest BCUT2D eigenvalue weighted by molar-refractivity contribution is 1.28. The zero-order valence-corrected chi connectivity index (χ0v) is 8.62. The molecule has 0 aliphatic heterocycles. The van der Waals surface area contributed by atoms with Gasteiger partial charge in [0.1, 0.15) is 0 Å². The van der Waals surface area contributed by atoms with Crippen molar-refractivity contribution in [3.05, 3.63) is 30.6 Å². The van der Waals surface area contributed by atoms with Gasteiger partial charge in [0.25, 0.3) is 0 Å². The molecule has 0 fully saturated rings. The lowest BCUT2D eigenvalue weighted by Gasteiger charge is -2.09. The molecule has 2 aromatic rings.